The van der Waals surface area contributed by atoms with Gasteiger partial charge in [0, 0.05) is 11.4 Å². The van der Waals surface area contributed by atoms with Crippen LogP contribution >= 0.6 is 11.6 Å². The number of hydrogen-bond donors (Lipinski definition) is 1. The Bertz CT molecular complexity index is 547. The van der Waals surface area contributed by atoms with E-state index < -0.39 is 5.97 Å². The topological polar surface area (TPSA) is 46.5 Å². The zero-order valence-corrected chi connectivity index (χ0v) is 10.9. The van der Waals surface area contributed by atoms with Crippen molar-refractivity contribution in [1.82, 2.24) is 0 Å². The summed E-state index contributed by atoms with van der Waals surface area (Å²) in [6.45, 7) is 0. The maximum Gasteiger partial charge on any atom is 0.303 e. The Labute approximate surface area is 116 Å². The van der Waals surface area contributed by atoms with Gasteiger partial charge in [-0.05, 0) is 48.4 Å². The lowest BCUT2D eigenvalue weighted by molar-refractivity contribution is -0.136. The summed E-state index contributed by atoms with van der Waals surface area (Å²) < 4.78 is 5.64. The summed E-state index contributed by atoms with van der Waals surface area (Å²) in [5, 5.41) is 9.27. The summed E-state index contributed by atoms with van der Waals surface area (Å²) in [5.74, 6) is 0.630. The third-order valence-corrected chi connectivity index (χ3v) is 2.85. The van der Waals surface area contributed by atoms with E-state index in [0.717, 1.165) is 5.56 Å². The Morgan fingerprint density at radius 2 is 1.53 bits per heavy atom. The molecule has 0 bridgehead atoms. The molecule has 0 amide bonds. The smallest absolute Gasteiger partial charge is 0.303 e. The van der Waals surface area contributed by atoms with Gasteiger partial charge in [-0.25, -0.2) is 0 Å². The van der Waals surface area contributed by atoms with Gasteiger partial charge in [0.15, 0.2) is 0 Å². The Hall–Kier alpha value is -2.00. The molecule has 0 unspecified atom stereocenters. The lowest BCUT2D eigenvalue weighted by atomic mass is 10.1. The molecule has 0 spiro atoms. The molecule has 0 atom stereocenters. The highest BCUT2D eigenvalue weighted by Crippen LogP contribution is 2.23. The van der Waals surface area contributed by atoms with E-state index in [1.165, 1.54) is 0 Å². The van der Waals surface area contributed by atoms with E-state index in [1.807, 2.05) is 24.3 Å². The highest BCUT2D eigenvalue weighted by atomic mass is 35.5. The number of aryl methyl sites for hydroxylation is 1. The molecule has 0 aliphatic heterocycles. The lowest BCUT2D eigenvalue weighted by Gasteiger charge is -2.06. The summed E-state index contributed by atoms with van der Waals surface area (Å²) in [4.78, 5) is 10.5. The Kier molecular flexibility index (Phi) is 4.42. The van der Waals surface area contributed by atoms with Crippen molar-refractivity contribution in [3.63, 3.8) is 0 Å². The predicted octanol–water partition coefficient (Wildman–Crippen LogP) is 4.15. The molecule has 0 heterocycles. The molecule has 0 fully saturated rings. The molecule has 2 aromatic rings. The Morgan fingerprint density at radius 3 is 2.05 bits per heavy atom. The third kappa shape index (κ3) is 4.30. The SMILES string of the molecule is O=C(O)CCc1ccc(Oc2ccc(Cl)cc2)cc1. The van der Waals surface area contributed by atoms with Gasteiger partial charge >= 0.3 is 5.97 Å². The van der Waals surface area contributed by atoms with Crippen LogP contribution in [0.15, 0.2) is 48.5 Å². The van der Waals surface area contributed by atoms with Gasteiger partial charge in [0.25, 0.3) is 0 Å². The maximum absolute atomic E-state index is 10.5. The van der Waals surface area contributed by atoms with Crippen LogP contribution in [0.25, 0.3) is 0 Å². The minimum absolute atomic E-state index is 0.136. The fourth-order valence-electron chi connectivity index (χ4n) is 1.61. The van der Waals surface area contributed by atoms with Crippen LogP contribution in [0, 0.1) is 0 Å². The fraction of sp³-hybridized carbons (Fsp3) is 0.133. The highest BCUT2D eigenvalue weighted by Gasteiger charge is 2.01. The molecule has 19 heavy (non-hydrogen) atoms. The second kappa shape index (κ2) is 6.25. The quantitative estimate of drug-likeness (QED) is 0.892. The summed E-state index contributed by atoms with van der Waals surface area (Å²) in [5.41, 5.74) is 0.978. The zero-order chi connectivity index (χ0) is 13.7. The van der Waals surface area contributed by atoms with Gasteiger partial charge < -0.3 is 9.84 Å². The lowest BCUT2D eigenvalue weighted by Crippen LogP contribution is -1.97. The van der Waals surface area contributed by atoms with Crippen molar-refractivity contribution in [2.75, 3.05) is 0 Å². The number of carboxylic acid groups (broad SMARTS) is 1. The molecule has 0 saturated carbocycles. The van der Waals surface area contributed by atoms with Crippen molar-refractivity contribution in [3.05, 3.63) is 59.1 Å². The monoisotopic (exact) mass is 276 g/mol. The summed E-state index contributed by atoms with van der Waals surface area (Å²) in [6.07, 6.45) is 0.661. The maximum atomic E-state index is 10.5. The number of hydrogen-bond acceptors (Lipinski definition) is 2. The summed E-state index contributed by atoms with van der Waals surface area (Å²) in [7, 11) is 0. The summed E-state index contributed by atoms with van der Waals surface area (Å²) >= 11 is 5.79. The van der Waals surface area contributed by atoms with Gasteiger partial charge in [-0.2, -0.15) is 0 Å². The first-order valence-electron chi connectivity index (χ1n) is 5.87. The van der Waals surface area contributed by atoms with E-state index in [9.17, 15) is 4.79 Å². The predicted molar refractivity (Wildman–Crippen MR) is 73.9 cm³/mol. The Morgan fingerprint density at radius 1 is 1.00 bits per heavy atom. The molecule has 4 heteroatoms. The van der Waals surface area contributed by atoms with Crippen LogP contribution in [0.1, 0.15) is 12.0 Å². The minimum Gasteiger partial charge on any atom is -0.481 e. The molecule has 3 nitrogen and oxygen atoms in total. The largest absolute Gasteiger partial charge is 0.481 e. The average Bonchev–Trinajstić information content (AvgIpc) is 2.40. The Balaban J connectivity index is 1.98. The van der Waals surface area contributed by atoms with E-state index in [-0.39, 0.29) is 6.42 Å². The molecule has 2 aromatic carbocycles. The number of carboxylic acids is 1. The van der Waals surface area contributed by atoms with Crippen molar-refractivity contribution in [2.45, 2.75) is 12.8 Å². The van der Waals surface area contributed by atoms with E-state index in [1.54, 1.807) is 24.3 Å². The number of ether oxygens (including phenoxy) is 1. The standard InChI is InChI=1S/C15H13ClO3/c16-12-4-8-14(9-5-12)19-13-6-1-11(2-7-13)3-10-15(17)18/h1-2,4-9H,3,10H2,(H,17,18). The van der Waals surface area contributed by atoms with Gasteiger partial charge in [0.1, 0.15) is 11.5 Å². The third-order valence-electron chi connectivity index (χ3n) is 2.60. The van der Waals surface area contributed by atoms with Crippen molar-refractivity contribution >= 4 is 17.6 Å². The molecular formula is C15H13ClO3. The molecule has 0 saturated heterocycles. The van der Waals surface area contributed by atoms with Crippen LogP contribution in [-0.2, 0) is 11.2 Å². The van der Waals surface area contributed by atoms with Gasteiger partial charge in [-0.3, -0.25) is 4.79 Å². The van der Waals surface area contributed by atoms with Crippen LogP contribution in [-0.4, -0.2) is 11.1 Å². The van der Waals surface area contributed by atoms with Crippen molar-refractivity contribution < 1.29 is 14.6 Å². The number of carbonyl (C=O) groups is 1. The molecule has 0 aliphatic carbocycles. The molecule has 98 valence electrons. The van der Waals surface area contributed by atoms with Gasteiger partial charge in [-0.15, -0.1) is 0 Å². The van der Waals surface area contributed by atoms with E-state index in [0.29, 0.717) is 22.9 Å². The molecule has 1 N–H and O–H groups in total. The summed E-state index contributed by atoms with van der Waals surface area (Å²) in [6, 6.07) is 14.5. The van der Waals surface area contributed by atoms with E-state index in [2.05, 4.69) is 0 Å². The second-order valence-electron chi connectivity index (χ2n) is 4.09. The van der Waals surface area contributed by atoms with Crippen LogP contribution in [0.4, 0.5) is 0 Å². The molecule has 0 aromatic heterocycles. The van der Waals surface area contributed by atoms with Crippen LogP contribution < -0.4 is 4.74 Å². The van der Waals surface area contributed by atoms with Crippen LogP contribution in [0.2, 0.25) is 5.02 Å². The zero-order valence-electron chi connectivity index (χ0n) is 10.2. The molecule has 2 rings (SSSR count). The first-order valence-corrected chi connectivity index (χ1v) is 6.25. The molecule has 0 aliphatic rings. The van der Waals surface area contributed by atoms with Crippen LogP contribution in [0.3, 0.4) is 0 Å². The van der Waals surface area contributed by atoms with Gasteiger partial charge in [-0.1, -0.05) is 23.7 Å². The van der Waals surface area contributed by atoms with Crippen molar-refractivity contribution in [1.29, 1.82) is 0 Å². The van der Waals surface area contributed by atoms with E-state index >= 15 is 0 Å². The van der Waals surface area contributed by atoms with Crippen molar-refractivity contribution in [3.8, 4) is 11.5 Å². The second-order valence-corrected chi connectivity index (χ2v) is 4.53. The minimum atomic E-state index is -0.790. The number of aliphatic carboxylic acids is 1. The average molecular weight is 277 g/mol. The first-order chi connectivity index (χ1) is 9.13. The number of rotatable bonds is 5. The first kappa shape index (κ1) is 13.4. The van der Waals surface area contributed by atoms with E-state index in [4.69, 9.17) is 21.4 Å². The van der Waals surface area contributed by atoms with Gasteiger partial charge in [0.05, 0.1) is 0 Å². The number of benzene rings is 2. The molecule has 0 radical (unpaired) electrons. The normalized spacial score (nSPS) is 10.2. The molecular weight excluding hydrogens is 264 g/mol. The van der Waals surface area contributed by atoms with Crippen molar-refractivity contribution in [2.24, 2.45) is 0 Å². The fourth-order valence-corrected chi connectivity index (χ4v) is 1.74. The highest BCUT2D eigenvalue weighted by molar-refractivity contribution is 6.30. The van der Waals surface area contributed by atoms with Crippen LogP contribution in [0.5, 0.6) is 11.5 Å². The van der Waals surface area contributed by atoms with Gasteiger partial charge in [0.2, 0.25) is 0 Å². The number of halogens is 1.